The van der Waals surface area contributed by atoms with Crippen molar-refractivity contribution in [3.63, 3.8) is 0 Å². The Morgan fingerprint density at radius 1 is 1.15 bits per heavy atom. The molecule has 0 amide bonds. The number of aromatic amines is 1. The number of aromatic nitrogens is 2. The topological polar surface area (TPSA) is 90.8 Å². The molecule has 3 heterocycles. The highest BCUT2D eigenvalue weighted by molar-refractivity contribution is 6.36. The number of nitrogens with one attached hydrogen (secondary N) is 1. The van der Waals surface area contributed by atoms with Gasteiger partial charge in [-0.1, -0.05) is 35.9 Å². The van der Waals surface area contributed by atoms with E-state index in [2.05, 4.69) is 14.9 Å². The Balaban J connectivity index is 1.21. The normalized spacial score (nSPS) is 17.2. The maximum Gasteiger partial charge on any atom is 0.143 e. The molecule has 3 N–H and O–H groups in total. The minimum absolute atomic E-state index is 0.138. The standard InChI is InChI=1S/C26H28ClN3O4/c1-33-23-12-22(20-6-9-29-25(20)24(23)27)34-16-18(31)15-30-10-7-26(32,8-11-30)21-14-28-13-17-4-2-3-5-19(17)21/h2-6,9,12-14,18,29,31-32H,7-8,10-11,15-16H2,1H3/t18-/m0/s1. The molecule has 1 saturated heterocycles. The van der Waals surface area contributed by atoms with Crippen molar-refractivity contribution in [3.05, 3.63) is 65.6 Å². The summed E-state index contributed by atoms with van der Waals surface area (Å²) in [6, 6.07) is 11.6. The Morgan fingerprint density at radius 3 is 2.74 bits per heavy atom. The van der Waals surface area contributed by atoms with Crippen molar-refractivity contribution >= 4 is 33.3 Å². The number of aliphatic hydroxyl groups excluding tert-OH is 1. The minimum Gasteiger partial charge on any atom is -0.495 e. The van der Waals surface area contributed by atoms with Gasteiger partial charge < -0.3 is 29.6 Å². The summed E-state index contributed by atoms with van der Waals surface area (Å²) >= 11 is 6.35. The molecule has 8 heteroatoms. The average Bonchev–Trinajstić information content (AvgIpc) is 3.36. The number of likely N-dealkylation sites (tertiary alicyclic amines) is 1. The third kappa shape index (κ3) is 4.32. The van der Waals surface area contributed by atoms with Gasteiger partial charge in [-0.15, -0.1) is 0 Å². The third-order valence-electron chi connectivity index (χ3n) is 6.68. The smallest absolute Gasteiger partial charge is 0.143 e. The lowest BCUT2D eigenvalue weighted by Gasteiger charge is -2.39. The SMILES string of the molecule is COc1cc(OC[C@@H](O)CN2CCC(O)(c3cncc4ccccc34)CC2)c2cc[nH]c2c1Cl. The molecule has 1 atom stereocenters. The van der Waals surface area contributed by atoms with Gasteiger partial charge in [0.2, 0.25) is 0 Å². The van der Waals surface area contributed by atoms with Gasteiger partial charge in [0, 0.05) is 60.6 Å². The largest absolute Gasteiger partial charge is 0.495 e. The molecule has 0 unspecified atom stereocenters. The van der Waals surface area contributed by atoms with Crippen LogP contribution in [0.1, 0.15) is 18.4 Å². The first-order valence-electron chi connectivity index (χ1n) is 11.4. The van der Waals surface area contributed by atoms with Gasteiger partial charge in [-0.2, -0.15) is 0 Å². The van der Waals surface area contributed by atoms with E-state index in [1.807, 2.05) is 36.5 Å². The Hall–Kier alpha value is -2.84. The highest BCUT2D eigenvalue weighted by Crippen LogP contribution is 2.39. The van der Waals surface area contributed by atoms with Crippen molar-refractivity contribution in [3.8, 4) is 11.5 Å². The predicted molar refractivity (Wildman–Crippen MR) is 133 cm³/mol. The monoisotopic (exact) mass is 481 g/mol. The second kappa shape index (κ2) is 9.43. The first kappa shape index (κ1) is 22.9. The lowest BCUT2D eigenvalue weighted by atomic mass is 9.83. The molecule has 5 rings (SSSR count). The zero-order valence-corrected chi connectivity index (χ0v) is 19.8. The number of methoxy groups -OCH3 is 1. The van der Waals surface area contributed by atoms with E-state index >= 15 is 0 Å². The molecule has 1 aliphatic heterocycles. The molecule has 178 valence electrons. The number of fused-ring (bicyclic) bond motifs is 2. The van der Waals surface area contributed by atoms with Gasteiger partial charge >= 0.3 is 0 Å². The summed E-state index contributed by atoms with van der Waals surface area (Å²) in [6.07, 6.45) is 5.87. The highest BCUT2D eigenvalue weighted by atomic mass is 35.5. The minimum atomic E-state index is -0.925. The second-order valence-electron chi connectivity index (χ2n) is 8.86. The van der Waals surface area contributed by atoms with Gasteiger partial charge in [-0.05, 0) is 24.3 Å². The number of aliphatic hydroxyl groups is 2. The summed E-state index contributed by atoms with van der Waals surface area (Å²) in [7, 11) is 1.56. The molecule has 0 spiro atoms. The molecule has 0 aliphatic carbocycles. The van der Waals surface area contributed by atoms with E-state index in [0.717, 1.165) is 27.2 Å². The van der Waals surface area contributed by atoms with Crippen LogP contribution in [0.5, 0.6) is 11.5 Å². The first-order valence-corrected chi connectivity index (χ1v) is 11.8. The van der Waals surface area contributed by atoms with Crippen LogP contribution in [0.3, 0.4) is 0 Å². The van der Waals surface area contributed by atoms with Crippen LogP contribution >= 0.6 is 11.6 Å². The van der Waals surface area contributed by atoms with Gasteiger partial charge in [0.15, 0.2) is 0 Å². The summed E-state index contributed by atoms with van der Waals surface area (Å²) in [6.45, 7) is 1.95. The number of ether oxygens (including phenoxy) is 2. The Morgan fingerprint density at radius 2 is 1.94 bits per heavy atom. The summed E-state index contributed by atoms with van der Waals surface area (Å²) in [5, 5.41) is 25.5. The summed E-state index contributed by atoms with van der Waals surface area (Å²) in [5.74, 6) is 1.12. The molecule has 7 nitrogen and oxygen atoms in total. The van der Waals surface area contributed by atoms with E-state index in [9.17, 15) is 10.2 Å². The van der Waals surface area contributed by atoms with Crippen molar-refractivity contribution in [2.45, 2.75) is 24.5 Å². The molecule has 0 saturated carbocycles. The number of H-pyrrole nitrogens is 1. The van der Waals surface area contributed by atoms with Crippen LogP contribution in [0, 0.1) is 0 Å². The van der Waals surface area contributed by atoms with E-state index in [-0.39, 0.29) is 6.61 Å². The van der Waals surface area contributed by atoms with Gasteiger partial charge in [0.25, 0.3) is 0 Å². The van der Waals surface area contributed by atoms with Crippen molar-refractivity contribution in [2.24, 2.45) is 0 Å². The predicted octanol–water partition coefficient (Wildman–Crippen LogP) is 4.10. The van der Waals surface area contributed by atoms with Gasteiger partial charge in [-0.25, -0.2) is 0 Å². The van der Waals surface area contributed by atoms with Gasteiger partial charge in [-0.3, -0.25) is 4.98 Å². The van der Waals surface area contributed by atoms with Crippen molar-refractivity contribution in [1.82, 2.24) is 14.9 Å². The molecule has 34 heavy (non-hydrogen) atoms. The number of pyridine rings is 1. The van der Waals surface area contributed by atoms with E-state index < -0.39 is 11.7 Å². The number of piperidine rings is 1. The molecular formula is C26H28ClN3O4. The molecular weight excluding hydrogens is 454 g/mol. The highest BCUT2D eigenvalue weighted by Gasteiger charge is 2.36. The van der Waals surface area contributed by atoms with Crippen molar-refractivity contribution in [2.75, 3.05) is 33.4 Å². The van der Waals surface area contributed by atoms with Crippen molar-refractivity contribution < 1.29 is 19.7 Å². The Kier molecular flexibility index (Phi) is 6.36. The molecule has 2 aromatic carbocycles. The van der Waals surface area contributed by atoms with Crippen molar-refractivity contribution in [1.29, 1.82) is 0 Å². The Labute approximate surface area is 202 Å². The molecule has 0 bridgehead atoms. The van der Waals surface area contributed by atoms with Crippen LogP contribution in [0.2, 0.25) is 5.02 Å². The number of hydrogen-bond acceptors (Lipinski definition) is 6. The second-order valence-corrected chi connectivity index (χ2v) is 9.24. The Bertz CT molecular complexity index is 1290. The van der Waals surface area contributed by atoms with E-state index in [0.29, 0.717) is 49.0 Å². The first-order chi connectivity index (χ1) is 16.5. The number of halogens is 1. The fourth-order valence-electron chi connectivity index (χ4n) is 4.81. The summed E-state index contributed by atoms with van der Waals surface area (Å²) in [5.41, 5.74) is 0.691. The lowest BCUT2D eigenvalue weighted by molar-refractivity contribution is -0.0364. The molecule has 1 aliphatic rings. The van der Waals surface area contributed by atoms with Crippen LogP contribution in [0.15, 0.2) is 55.0 Å². The maximum atomic E-state index is 11.4. The fraction of sp³-hybridized carbons (Fsp3) is 0.346. The molecule has 2 aromatic heterocycles. The lowest BCUT2D eigenvalue weighted by Crippen LogP contribution is -2.46. The average molecular weight is 482 g/mol. The van der Waals surface area contributed by atoms with Crippen LogP contribution in [-0.2, 0) is 5.60 Å². The molecule has 1 fully saturated rings. The van der Waals surface area contributed by atoms with Gasteiger partial charge in [0.05, 0.1) is 18.2 Å². The summed E-state index contributed by atoms with van der Waals surface area (Å²) in [4.78, 5) is 9.60. The van der Waals surface area contributed by atoms with Crippen LogP contribution in [0.25, 0.3) is 21.7 Å². The van der Waals surface area contributed by atoms with E-state index in [1.165, 1.54) is 0 Å². The van der Waals surface area contributed by atoms with E-state index in [1.54, 1.807) is 25.6 Å². The van der Waals surface area contributed by atoms with Crippen LogP contribution < -0.4 is 9.47 Å². The van der Waals surface area contributed by atoms with Crippen LogP contribution in [-0.4, -0.2) is 64.5 Å². The van der Waals surface area contributed by atoms with Crippen LogP contribution in [0.4, 0.5) is 0 Å². The fourth-order valence-corrected chi connectivity index (χ4v) is 5.09. The molecule has 4 aromatic rings. The number of hydrogen-bond donors (Lipinski definition) is 3. The zero-order valence-electron chi connectivity index (χ0n) is 19.0. The quantitative estimate of drug-likeness (QED) is 0.368. The summed E-state index contributed by atoms with van der Waals surface area (Å²) < 4.78 is 11.3. The zero-order chi connectivity index (χ0) is 23.7. The number of β-amino-alcohol motifs (C(OH)–C–C–N with tert-alkyl or cyclic N) is 1. The van der Waals surface area contributed by atoms with E-state index in [4.69, 9.17) is 21.1 Å². The number of benzene rings is 2. The number of rotatable bonds is 7. The third-order valence-corrected chi connectivity index (χ3v) is 7.06. The maximum absolute atomic E-state index is 11.4. The molecule has 0 radical (unpaired) electrons. The number of nitrogens with zero attached hydrogens (tertiary/aromatic N) is 2. The van der Waals surface area contributed by atoms with Gasteiger partial charge in [0.1, 0.15) is 29.2 Å².